The van der Waals surface area contributed by atoms with Crippen molar-refractivity contribution in [2.75, 3.05) is 13.7 Å². The third kappa shape index (κ3) is 5.32. The van der Waals surface area contributed by atoms with E-state index in [1.54, 1.807) is 32.4 Å². The Morgan fingerprint density at radius 1 is 1.25 bits per heavy atom. The summed E-state index contributed by atoms with van der Waals surface area (Å²) < 4.78 is 19.0. The third-order valence-corrected chi connectivity index (χ3v) is 7.55. The van der Waals surface area contributed by atoms with Crippen LogP contribution in [0.2, 0.25) is 0 Å². The molecule has 0 saturated carbocycles. The van der Waals surface area contributed by atoms with Crippen molar-refractivity contribution in [3.05, 3.63) is 77.1 Å². The minimum atomic E-state index is -0.585. The zero-order valence-electron chi connectivity index (χ0n) is 21.1. The van der Waals surface area contributed by atoms with E-state index in [0.717, 1.165) is 23.3 Å². The largest absolute Gasteiger partial charge is 0.493 e. The number of thiophene rings is 1. The molecule has 7 nitrogen and oxygen atoms in total. The zero-order valence-corrected chi connectivity index (χ0v) is 22.7. The average Bonchev–Trinajstić information content (AvgIpc) is 3.47. The van der Waals surface area contributed by atoms with Crippen LogP contribution >= 0.6 is 22.7 Å². The fourth-order valence-electron chi connectivity index (χ4n) is 3.95. The molecule has 0 saturated heterocycles. The molecule has 1 aromatic carbocycles. The molecular weight excluding hydrogens is 496 g/mol. The summed E-state index contributed by atoms with van der Waals surface area (Å²) >= 11 is 2.79. The monoisotopic (exact) mass is 526 g/mol. The summed E-state index contributed by atoms with van der Waals surface area (Å²) in [5, 5.41) is 1.93. The Kier molecular flexibility index (Phi) is 8.11. The van der Waals surface area contributed by atoms with Gasteiger partial charge in [0.15, 0.2) is 16.3 Å². The van der Waals surface area contributed by atoms with E-state index in [1.165, 1.54) is 22.7 Å². The molecule has 2 aromatic heterocycles. The fourth-order valence-corrected chi connectivity index (χ4v) is 5.82. The van der Waals surface area contributed by atoms with Gasteiger partial charge in [-0.3, -0.25) is 9.36 Å². The smallest absolute Gasteiger partial charge is 0.338 e. The summed E-state index contributed by atoms with van der Waals surface area (Å²) in [6.07, 6.45) is 3.54. The number of aromatic nitrogens is 1. The van der Waals surface area contributed by atoms with Gasteiger partial charge in [0.25, 0.3) is 5.56 Å². The summed E-state index contributed by atoms with van der Waals surface area (Å²) in [4.78, 5) is 32.8. The van der Waals surface area contributed by atoms with Gasteiger partial charge < -0.3 is 14.2 Å². The SMILES string of the molecule is CCCCOc1ccc(/C=c2\sc3n(c2=O)C(c2cccs2)C(C(=O)OC(C)C)=C(C)N=3)cc1OC. The molecule has 1 atom stereocenters. The van der Waals surface area contributed by atoms with Crippen molar-refractivity contribution < 1.29 is 19.0 Å². The van der Waals surface area contributed by atoms with Gasteiger partial charge in [0.05, 0.1) is 35.6 Å². The number of carbonyl (C=O) groups is 1. The lowest BCUT2D eigenvalue weighted by Crippen LogP contribution is -2.39. The Morgan fingerprint density at radius 3 is 2.72 bits per heavy atom. The Hall–Kier alpha value is -3.17. The molecule has 3 heterocycles. The Balaban J connectivity index is 1.79. The van der Waals surface area contributed by atoms with E-state index in [9.17, 15) is 9.59 Å². The first-order chi connectivity index (χ1) is 17.3. The second-order valence-corrected chi connectivity index (χ2v) is 10.7. The second kappa shape index (κ2) is 11.3. The van der Waals surface area contributed by atoms with E-state index in [0.29, 0.717) is 38.7 Å². The van der Waals surface area contributed by atoms with E-state index >= 15 is 0 Å². The number of ether oxygens (including phenoxy) is 3. The van der Waals surface area contributed by atoms with E-state index < -0.39 is 12.0 Å². The fraction of sp³-hybridized carbons (Fsp3) is 0.370. The molecular formula is C27H30N2O5S2. The van der Waals surface area contributed by atoms with Gasteiger partial charge in [0, 0.05) is 4.88 Å². The van der Waals surface area contributed by atoms with Crippen LogP contribution in [0.25, 0.3) is 6.08 Å². The quantitative estimate of drug-likeness (QED) is 0.304. The highest BCUT2D eigenvalue weighted by atomic mass is 32.1. The summed E-state index contributed by atoms with van der Waals surface area (Å²) in [5.74, 6) is 0.826. The highest BCUT2D eigenvalue weighted by molar-refractivity contribution is 7.10. The molecule has 0 spiro atoms. The average molecular weight is 527 g/mol. The number of hydrogen-bond donors (Lipinski definition) is 0. The van der Waals surface area contributed by atoms with Gasteiger partial charge >= 0.3 is 5.97 Å². The maximum atomic E-state index is 13.7. The van der Waals surface area contributed by atoms with Crippen LogP contribution in [0.15, 0.2) is 56.8 Å². The van der Waals surface area contributed by atoms with Crippen LogP contribution < -0.4 is 24.4 Å². The van der Waals surface area contributed by atoms with Crippen LogP contribution in [0.5, 0.6) is 11.5 Å². The van der Waals surface area contributed by atoms with Crippen molar-refractivity contribution in [2.45, 2.75) is 52.7 Å². The lowest BCUT2D eigenvalue weighted by atomic mass is 10.0. The lowest BCUT2D eigenvalue weighted by molar-refractivity contribution is -0.143. The van der Waals surface area contributed by atoms with Crippen molar-refractivity contribution in [3.63, 3.8) is 0 Å². The van der Waals surface area contributed by atoms with E-state index in [4.69, 9.17) is 14.2 Å². The molecule has 0 bridgehead atoms. The lowest BCUT2D eigenvalue weighted by Gasteiger charge is -2.24. The Bertz CT molecular complexity index is 1450. The predicted molar refractivity (Wildman–Crippen MR) is 143 cm³/mol. The Labute approximate surface area is 218 Å². The molecule has 0 N–H and O–H groups in total. The summed E-state index contributed by atoms with van der Waals surface area (Å²) in [7, 11) is 1.60. The molecule has 1 aliphatic rings. The number of methoxy groups -OCH3 is 1. The molecule has 1 unspecified atom stereocenters. The van der Waals surface area contributed by atoms with E-state index in [2.05, 4.69) is 11.9 Å². The number of allylic oxidation sites excluding steroid dienone is 1. The first-order valence-corrected chi connectivity index (χ1v) is 13.6. The topological polar surface area (TPSA) is 79.1 Å². The summed E-state index contributed by atoms with van der Waals surface area (Å²) in [6.45, 7) is 8.13. The van der Waals surface area contributed by atoms with Gasteiger partial charge in [-0.25, -0.2) is 9.79 Å². The number of thiazole rings is 1. The number of esters is 1. The van der Waals surface area contributed by atoms with Crippen LogP contribution in [0.4, 0.5) is 0 Å². The van der Waals surface area contributed by atoms with Crippen molar-refractivity contribution in [1.82, 2.24) is 4.57 Å². The third-order valence-electron chi connectivity index (χ3n) is 5.64. The van der Waals surface area contributed by atoms with Crippen molar-refractivity contribution in [1.29, 1.82) is 0 Å². The molecule has 1 aliphatic heterocycles. The van der Waals surface area contributed by atoms with Crippen LogP contribution in [-0.2, 0) is 9.53 Å². The molecule has 3 aromatic rings. The van der Waals surface area contributed by atoms with Crippen LogP contribution in [0.1, 0.15) is 57.0 Å². The molecule has 36 heavy (non-hydrogen) atoms. The summed E-state index contributed by atoms with van der Waals surface area (Å²) in [6, 6.07) is 8.86. The Morgan fingerprint density at radius 2 is 2.06 bits per heavy atom. The number of rotatable bonds is 9. The van der Waals surface area contributed by atoms with Crippen molar-refractivity contribution in [3.8, 4) is 11.5 Å². The van der Waals surface area contributed by atoms with E-state index in [-0.39, 0.29) is 11.7 Å². The number of fused-ring (bicyclic) bond motifs is 1. The number of carbonyl (C=O) groups excluding carboxylic acids is 1. The van der Waals surface area contributed by atoms with Gasteiger partial charge in [0.1, 0.15) is 6.04 Å². The highest BCUT2D eigenvalue weighted by Crippen LogP contribution is 2.33. The highest BCUT2D eigenvalue weighted by Gasteiger charge is 2.34. The molecule has 4 rings (SSSR count). The molecule has 9 heteroatoms. The summed E-state index contributed by atoms with van der Waals surface area (Å²) in [5.41, 5.74) is 1.55. The molecule has 0 fully saturated rings. The maximum Gasteiger partial charge on any atom is 0.338 e. The maximum absolute atomic E-state index is 13.7. The molecule has 190 valence electrons. The standard InChI is InChI=1S/C27H30N2O5S2/c1-6-7-12-33-19-11-10-18(14-20(19)32-5)15-22-25(30)29-24(21-9-8-13-35-21)23(26(31)34-16(2)3)17(4)28-27(29)36-22/h8-11,13-16,24H,6-7,12H2,1-5H3/b22-15-. The molecule has 0 radical (unpaired) electrons. The zero-order chi connectivity index (χ0) is 25.8. The van der Waals surface area contributed by atoms with Gasteiger partial charge in [-0.05, 0) is 62.4 Å². The van der Waals surface area contributed by atoms with Crippen LogP contribution in [0.3, 0.4) is 0 Å². The number of hydrogen-bond acceptors (Lipinski definition) is 8. The normalized spacial score (nSPS) is 15.6. The van der Waals surface area contributed by atoms with Gasteiger partial charge in [-0.15, -0.1) is 11.3 Å². The first-order valence-electron chi connectivity index (χ1n) is 11.9. The van der Waals surface area contributed by atoms with Gasteiger partial charge in [0.2, 0.25) is 0 Å². The predicted octanol–water partition coefficient (Wildman–Crippen LogP) is 4.44. The first kappa shape index (κ1) is 25.9. The molecule has 0 aliphatic carbocycles. The number of benzene rings is 1. The number of nitrogens with zero attached hydrogens (tertiary/aromatic N) is 2. The van der Waals surface area contributed by atoms with E-state index in [1.807, 2.05) is 41.8 Å². The number of unbranched alkanes of at least 4 members (excludes halogenated alkanes) is 1. The minimum absolute atomic E-state index is 0.207. The van der Waals surface area contributed by atoms with Gasteiger partial charge in [-0.1, -0.05) is 36.8 Å². The van der Waals surface area contributed by atoms with Crippen LogP contribution in [0, 0.1) is 0 Å². The van der Waals surface area contributed by atoms with Crippen LogP contribution in [-0.4, -0.2) is 30.4 Å². The van der Waals surface area contributed by atoms with Crippen molar-refractivity contribution in [2.24, 2.45) is 4.99 Å². The second-order valence-electron chi connectivity index (χ2n) is 8.66. The van der Waals surface area contributed by atoms with Gasteiger partial charge in [-0.2, -0.15) is 0 Å². The minimum Gasteiger partial charge on any atom is -0.493 e. The molecule has 0 amide bonds. The van der Waals surface area contributed by atoms with Crippen molar-refractivity contribution >= 4 is 34.7 Å².